The van der Waals surface area contributed by atoms with E-state index in [4.69, 9.17) is 9.47 Å². The Labute approximate surface area is 110 Å². The van der Waals surface area contributed by atoms with Crippen molar-refractivity contribution in [2.24, 2.45) is 0 Å². The number of benzene rings is 1. The molecule has 96 valence electrons. The van der Waals surface area contributed by atoms with E-state index in [0.717, 1.165) is 21.4 Å². The molecule has 1 aromatic carbocycles. The van der Waals surface area contributed by atoms with Crippen LogP contribution in [0.1, 0.15) is 12.6 Å². The zero-order valence-corrected chi connectivity index (χ0v) is 11.2. The molecule has 0 aliphatic carbocycles. The summed E-state index contributed by atoms with van der Waals surface area (Å²) in [6.07, 6.45) is 0. The smallest absolute Gasteiger partial charge is 0.149 e. The van der Waals surface area contributed by atoms with Gasteiger partial charge in [0.1, 0.15) is 16.5 Å². The van der Waals surface area contributed by atoms with Crippen LogP contribution in [-0.2, 0) is 11.3 Å². The van der Waals surface area contributed by atoms with Crippen molar-refractivity contribution in [3.05, 3.63) is 30.0 Å². The minimum absolute atomic E-state index is 0.478. The Morgan fingerprint density at radius 1 is 1.22 bits per heavy atom. The summed E-state index contributed by atoms with van der Waals surface area (Å²) in [7, 11) is 1.65. The lowest BCUT2D eigenvalue weighted by Gasteiger charge is -2.03. The topological polar surface area (TPSA) is 60.0 Å². The second kappa shape index (κ2) is 6.42. The van der Waals surface area contributed by atoms with Crippen LogP contribution in [0.25, 0.3) is 0 Å². The lowest BCUT2D eigenvalue weighted by atomic mass is 10.3. The fourth-order valence-corrected chi connectivity index (χ4v) is 2.18. The third kappa shape index (κ3) is 3.24. The van der Waals surface area contributed by atoms with Gasteiger partial charge in [-0.25, -0.2) is 0 Å². The van der Waals surface area contributed by atoms with Crippen molar-refractivity contribution in [3.8, 4) is 5.75 Å². The number of H-pyrrole nitrogens is 1. The second-order valence-corrected chi connectivity index (χ2v) is 4.55. The highest BCUT2D eigenvalue weighted by Gasteiger charge is 2.09. The predicted molar refractivity (Wildman–Crippen MR) is 68.8 cm³/mol. The monoisotopic (exact) mass is 265 g/mol. The van der Waals surface area contributed by atoms with Crippen LogP contribution in [0.3, 0.4) is 0 Å². The highest BCUT2D eigenvalue weighted by molar-refractivity contribution is 7.99. The Morgan fingerprint density at radius 2 is 2.00 bits per heavy atom. The van der Waals surface area contributed by atoms with Crippen LogP contribution in [0.5, 0.6) is 5.75 Å². The summed E-state index contributed by atoms with van der Waals surface area (Å²) in [5.41, 5.74) is 0.831. The number of nitrogens with zero attached hydrogens (tertiary/aromatic N) is 2. The molecule has 1 N–H and O–H groups in total. The van der Waals surface area contributed by atoms with Crippen LogP contribution in [0.15, 0.2) is 34.2 Å². The number of hydrogen-bond donors (Lipinski definition) is 1. The van der Waals surface area contributed by atoms with Crippen LogP contribution in [0, 0.1) is 0 Å². The molecule has 0 radical (unpaired) electrons. The van der Waals surface area contributed by atoms with Crippen molar-refractivity contribution in [1.82, 2.24) is 15.4 Å². The maximum Gasteiger partial charge on any atom is 0.149 e. The summed E-state index contributed by atoms with van der Waals surface area (Å²) in [4.78, 5) is 1.09. The SMILES string of the molecule is CCOCc1n[nH]nc1Sc1ccc(OC)cc1. The highest BCUT2D eigenvalue weighted by Crippen LogP contribution is 2.29. The molecule has 1 aromatic heterocycles. The summed E-state index contributed by atoms with van der Waals surface area (Å²) in [5, 5.41) is 11.7. The van der Waals surface area contributed by atoms with Gasteiger partial charge in [-0.3, -0.25) is 0 Å². The van der Waals surface area contributed by atoms with Gasteiger partial charge in [0.15, 0.2) is 0 Å². The van der Waals surface area contributed by atoms with Gasteiger partial charge in [-0.05, 0) is 31.2 Å². The molecule has 0 atom stereocenters. The fourth-order valence-electron chi connectivity index (χ4n) is 1.37. The zero-order valence-electron chi connectivity index (χ0n) is 10.3. The molecule has 0 aliphatic rings. The van der Waals surface area contributed by atoms with Gasteiger partial charge in [-0.15, -0.1) is 5.10 Å². The normalized spacial score (nSPS) is 10.6. The second-order valence-electron chi connectivity index (χ2n) is 3.49. The molecule has 0 aliphatic heterocycles. The molecule has 0 unspecified atom stereocenters. The summed E-state index contributed by atoms with van der Waals surface area (Å²) >= 11 is 1.55. The van der Waals surface area contributed by atoms with E-state index >= 15 is 0 Å². The minimum atomic E-state index is 0.478. The van der Waals surface area contributed by atoms with E-state index in [2.05, 4.69) is 15.4 Å². The Morgan fingerprint density at radius 3 is 2.67 bits per heavy atom. The van der Waals surface area contributed by atoms with Gasteiger partial charge in [0.2, 0.25) is 0 Å². The van der Waals surface area contributed by atoms with Gasteiger partial charge in [0.05, 0.1) is 13.7 Å². The molecule has 18 heavy (non-hydrogen) atoms. The van der Waals surface area contributed by atoms with Crippen LogP contribution < -0.4 is 4.74 Å². The van der Waals surface area contributed by atoms with Crippen LogP contribution in [0.4, 0.5) is 0 Å². The first kappa shape index (κ1) is 12.9. The van der Waals surface area contributed by atoms with Crippen molar-refractivity contribution in [2.75, 3.05) is 13.7 Å². The molecular formula is C12H15N3O2S. The first-order valence-electron chi connectivity index (χ1n) is 5.62. The zero-order chi connectivity index (χ0) is 12.8. The van der Waals surface area contributed by atoms with E-state index in [-0.39, 0.29) is 0 Å². The van der Waals surface area contributed by atoms with Crippen molar-refractivity contribution in [1.29, 1.82) is 0 Å². The molecular weight excluding hydrogens is 250 g/mol. The van der Waals surface area contributed by atoms with E-state index in [1.807, 2.05) is 31.2 Å². The van der Waals surface area contributed by atoms with Gasteiger partial charge in [-0.2, -0.15) is 10.3 Å². The Kier molecular flexibility index (Phi) is 4.60. The molecule has 0 saturated carbocycles. The third-order valence-corrected chi connectivity index (χ3v) is 3.33. The number of nitrogens with one attached hydrogen (secondary N) is 1. The number of aromatic amines is 1. The molecule has 0 fully saturated rings. The maximum absolute atomic E-state index is 5.34. The number of rotatable bonds is 6. The molecule has 2 rings (SSSR count). The maximum atomic E-state index is 5.34. The van der Waals surface area contributed by atoms with Gasteiger partial charge in [0, 0.05) is 11.5 Å². The molecule has 0 saturated heterocycles. The summed E-state index contributed by atoms with van der Waals surface area (Å²) in [5.74, 6) is 0.842. The van der Waals surface area contributed by atoms with Crippen LogP contribution >= 0.6 is 11.8 Å². The number of aromatic nitrogens is 3. The van der Waals surface area contributed by atoms with Crippen molar-refractivity contribution in [2.45, 2.75) is 23.5 Å². The summed E-state index contributed by atoms with van der Waals surface area (Å²) in [6, 6.07) is 7.82. The van der Waals surface area contributed by atoms with E-state index in [0.29, 0.717) is 13.2 Å². The molecule has 1 heterocycles. The average Bonchev–Trinajstić information content (AvgIpc) is 2.84. The lowest BCUT2D eigenvalue weighted by molar-refractivity contribution is 0.129. The van der Waals surface area contributed by atoms with Crippen molar-refractivity contribution >= 4 is 11.8 Å². The number of hydrogen-bond acceptors (Lipinski definition) is 5. The first-order chi connectivity index (χ1) is 8.83. The third-order valence-electron chi connectivity index (χ3n) is 2.30. The molecule has 0 spiro atoms. The molecule has 2 aromatic rings. The van der Waals surface area contributed by atoms with E-state index < -0.39 is 0 Å². The molecule has 6 heteroatoms. The molecule has 0 amide bonds. The Balaban J connectivity index is 2.05. The van der Waals surface area contributed by atoms with Gasteiger partial charge in [-0.1, -0.05) is 11.8 Å². The number of methoxy groups -OCH3 is 1. The number of ether oxygens (including phenoxy) is 2. The summed E-state index contributed by atoms with van der Waals surface area (Å²) in [6.45, 7) is 3.10. The van der Waals surface area contributed by atoms with E-state index in [1.165, 1.54) is 0 Å². The average molecular weight is 265 g/mol. The largest absolute Gasteiger partial charge is 0.497 e. The molecule has 0 bridgehead atoms. The lowest BCUT2D eigenvalue weighted by Crippen LogP contribution is -1.93. The van der Waals surface area contributed by atoms with Crippen molar-refractivity contribution in [3.63, 3.8) is 0 Å². The quantitative estimate of drug-likeness (QED) is 0.869. The minimum Gasteiger partial charge on any atom is -0.497 e. The van der Waals surface area contributed by atoms with Crippen LogP contribution in [0.2, 0.25) is 0 Å². The van der Waals surface area contributed by atoms with Crippen LogP contribution in [-0.4, -0.2) is 29.1 Å². The Bertz CT molecular complexity index is 484. The first-order valence-corrected chi connectivity index (χ1v) is 6.44. The van der Waals surface area contributed by atoms with Gasteiger partial charge in [0.25, 0.3) is 0 Å². The fraction of sp³-hybridized carbons (Fsp3) is 0.333. The standard InChI is InChI=1S/C12H15N3O2S/c1-3-17-8-11-12(14-15-13-11)18-10-6-4-9(16-2)5-7-10/h4-7H,3,8H2,1-2H3,(H,13,14,15). The van der Waals surface area contributed by atoms with E-state index in [9.17, 15) is 0 Å². The highest BCUT2D eigenvalue weighted by atomic mass is 32.2. The molecule has 5 nitrogen and oxygen atoms in total. The van der Waals surface area contributed by atoms with Gasteiger partial charge < -0.3 is 9.47 Å². The van der Waals surface area contributed by atoms with Crippen molar-refractivity contribution < 1.29 is 9.47 Å². The van der Waals surface area contributed by atoms with E-state index in [1.54, 1.807) is 18.9 Å². The predicted octanol–water partition coefficient (Wildman–Crippen LogP) is 2.50. The van der Waals surface area contributed by atoms with Gasteiger partial charge >= 0.3 is 0 Å². The summed E-state index contributed by atoms with van der Waals surface area (Å²) < 4.78 is 10.5. The Hall–Kier alpha value is -1.53.